The molecule has 0 unspecified atom stereocenters. The van der Waals surface area contributed by atoms with Crippen molar-refractivity contribution in [2.75, 3.05) is 13.7 Å². The third kappa shape index (κ3) is 3.95. The first-order valence-corrected chi connectivity index (χ1v) is 4.44. The van der Waals surface area contributed by atoms with Crippen molar-refractivity contribution in [3.63, 3.8) is 0 Å². The maximum atomic E-state index is 10.9. The molecular formula is C9H10N2O6. The smallest absolute Gasteiger partial charge is 0.361 e. The number of hydrogen-bond acceptors (Lipinski definition) is 6. The summed E-state index contributed by atoms with van der Waals surface area (Å²) in [6.45, 7) is -0.467. The highest BCUT2D eigenvalue weighted by molar-refractivity contribution is 6.41. The number of nitrogens with one attached hydrogen (secondary N) is 1. The van der Waals surface area contributed by atoms with Crippen LogP contribution in [0.1, 0.15) is 5.76 Å². The molecule has 0 fully saturated rings. The molecule has 92 valence electrons. The van der Waals surface area contributed by atoms with Crippen LogP contribution in [0.2, 0.25) is 0 Å². The number of nitrogens with zero attached hydrogens (tertiary/aromatic N) is 1. The molecule has 17 heavy (non-hydrogen) atoms. The molecule has 1 aromatic rings. The van der Waals surface area contributed by atoms with Gasteiger partial charge in [0.05, 0.1) is 13.4 Å². The topological polar surface area (TPSA) is 110 Å². The number of hydrogen-bond donors (Lipinski definition) is 2. The summed E-state index contributed by atoms with van der Waals surface area (Å²) in [6, 6.07) is 2.91. The van der Waals surface area contributed by atoms with Gasteiger partial charge >= 0.3 is 5.97 Å². The number of furan rings is 1. The third-order valence-electron chi connectivity index (χ3n) is 1.52. The van der Waals surface area contributed by atoms with E-state index in [0.29, 0.717) is 0 Å². The number of carbonyl (C=O) groups excluding carboxylic acids is 1. The molecule has 0 atom stereocenters. The van der Waals surface area contributed by atoms with Crippen molar-refractivity contribution in [3.05, 3.63) is 24.2 Å². The van der Waals surface area contributed by atoms with Gasteiger partial charge in [0.15, 0.2) is 12.4 Å². The minimum Gasteiger partial charge on any atom is -0.476 e. The summed E-state index contributed by atoms with van der Waals surface area (Å²) in [5.41, 5.74) is 1.55. The molecule has 0 aliphatic carbocycles. The van der Waals surface area contributed by atoms with E-state index in [2.05, 4.69) is 14.8 Å². The molecule has 0 aliphatic rings. The summed E-state index contributed by atoms with van der Waals surface area (Å²) in [6.07, 6.45) is 1.30. The van der Waals surface area contributed by atoms with E-state index in [9.17, 15) is 9.59 Å². The molecule has 8 heteroatoms. The second-order valence-corrected chi connectivity index (χ2v) is 2.73. The van der Waals surface area contributed by atoms with Gasteiger partial charge in [-0.3, -0.25) is 9.63 Å². The maximum absolute atomic E-state index is 10.9. The Morgan fingerprint density at radius 1 is 1.59 bits per heavy atom. The lowest BCUT2D eigenvalue weighted by atomic mass is 10.3. The SMILES string of the molecule is CONC(=O)CO/N=C(\C(=O)O)c1ccco1. The summed E-state index contributed by atoms with van der Waals surface area (Å²) in [7, 11) is 1.26. The lowest BCUT2D eigenvalue weighted by Gasteiger charge is -2.01. The largest absolute Gasteiger partial charge is 0.476 e. The molecular weight excluding hydrogens is 232 g/mol. The third-order valence-corrected chi connectivity index (χ3v) is 1.52. The van der Waals surface area contributed by atoms with E-state index >= 15 is 0 Å². The van der Waals surface area contributed by atoms with Gasteiger partial charge in [0.1, 0.15) is 0 Å². The van der Waals surface area contributed by atoms with E-state index < -0.39 is 24.2 Å². The van der Waals surface area contributed by atoms with Crippen LogP contribution in [-0.2, 0) is 19.3 Å². The number of rotatable bonds is 6. The zero-order valence-electron chi connectivity index (χ0n) is 8.87. The average molecular weight is 242 g/mol. The Balaban J connectivity index is 2.60. The minimum absolute atomic E-state index is 0.0321. The standard InChI is InChI=1S/C9H10N2O6/c1-15-10-7(12)5-17-11-8(9(13)14)6-3-2-4-16-6/h2-4H,5H2,1H3,(H,10,12)(H,13,14)/b11-8-. The number of carbonyl (C=O) groups is 2. The average Bonchev–Trinajstić information content (AvgIpc) is 2.77. The fourth-order valence-corrected chi connectivity index (χ4v) is 0.901. The van der Waals surface area contributed by atoms with Gasteiger partial charge < -0.3 is 14.4 Å². The van der Waals surface area contributed by atoms with Gasteiger partial charge in [-0.1, -0.05) is 5.16 Å². The summed E-state index contributed by atoms with van der Waals surface area (Å²) < 4.78 is 4.85. The molecule has 0 saturated heterocycles. The molecule has 8 nitrogen and oxygen atoms in total. The number of amides is 1. The number of aliphatic carboxylic acids is 1. The van der Waals surface area contributed by atoms with Crippen LogP contribution in [0.15, 0.2) is 28.0 Å². The molecule has 0 radical (unpaired) electrons. The van der Waals surface area contributed by atoms with Crippen LogP contribution in [0.25, 0.3) is 0 Å². The molecule has 0 aromatic carbocycles. The monoisotopic (exact) mass is 242 g/mol. The van der Waals surface area contributed by atoms with Crippen molar-refractivity contribution < 1.29 is 28.8 Å². The molecule has 0 saturated carbocycles. The van der Waals surface area contributed by atoms with Crippen molar-refractivity contribution in [3.8, 4) is 0 Å². The molecule has 1 amide bonds. The van der Waals surface area contributed by atoms with Gasteiger partial charge in [-0.15, -0.1) is 0 Å². The van der Waals surface area contributed by atoms with Crippen molar-refractivity contribution in [2.24, 2.45) is 5.16 Å². The highest BCUT2D eigenvalue weighted by Gasteiger charge is 2.16. The van der Waals surface area contributed by atoms with Crippen LogP contribution < -0.4 is 5.48 Å². The first-order valence-electron chi connectivity index (χ1n) is 4.44. The summed E-state index contributed by atoms with van der Waals surface area (Å²) in [4.78, 5) is 30.6. The van der Waals surface area contributed by atoms with Crippen molar-refractivity contribution in [1.29, 1.82) is 0 Å². The number of oxime groups is 1. The Morgan fingerprint density at radius 2 is 2.35 bits per heavy atom. The Kier molecular flexibility index (Phi) is 4.70. The van der Waals surface area contributed by atoms with Crippen LogP contribution in [-0.4, -0.2) is 36.4 Å². The normalized spacial score (nSPS) is 11.0. The zero-order valence-corrected chi connectivity index (χ0v) is 8.87. The highest BCUT2D eigenvalue weighted by Crippen LogP contribution is 2.03. The fraction of sp³-hybridized carbons (Fsp3) is 0.222. The van der Waals surface area contributed by atoms with E-state index in [1.165, 1.54) is 25.5 Å². The lowest BCUT2D eigenvalue weighted by Crippen LogP contribution is -2.26. The minimum atomic E-state index is -1.33. The zero-order chi connectivity index (χ0) is 12.7. The Labute approximate surface area is 95.7 Å². The maximum Gasteiger partial charge on any atom is 0.361 e. The van der Waals surface area contributed by atoms with E-state index in [1.54, 1.807) is 0 Å². The Morgan fingerprint density at radius 3 is 2.88 bits per heavy atom. The van der Waals surface area contributed by atoms with E-state index in [4.69, 9.17) is 9.52 Å². The molecule has 1 aromatic heterocycles. The van der Waals surface area contributed by atoms with Crippen LogP contribution >= 0.6 is 0 Å². The molecule has 1 rings (SSSR count). The lowest BCUT2D eigenvalue weighted by molar-refractivity contribution is -0.136. The molecule has 0 aliphatic heterocycles. The predicted octanol–water partition coefficient (Wildman–Crippen LogP) is -0.237. The first-order chi connectivity index (χ1) is 8.15. The highest BCUT2D eigenvalue weighted by atomic mass is 16.7. The number of carboxylic acids is 1. The first kappa shape index (κ1) is 12.7. The summed E-state index contributed by atoms with van der Waals surface area (Å²) in [5.74, 6) is -1.89. The van der Waals surface area contributed by atoms with Crippen LogP contribution in [0.3, 0.4) is 0 Å². The molecule has 0 bridgehead atoms. The summed E-state index contributed by atoms with van der Waals surface area (Å²) >= 11 is 0. The number of hydroxylamine groups is 1. The van der Waals surface area contributed by atoms with Crippen molar-refractivity contribution >= 4 is 17.6 Å². The Hall–Kier alpha value is -2.35. The molecule has 2 N–H and O–H groups in total. The van der Waals surface area contributed by atoms with Gasteiger partial charge in [0.2, 0.25) is 5.71 Å². The van der Waals surface area contributed by atoms with E-state index in [1.807, 2.05) is 5.48 Å². The molecule has 1 heterocycles. The van der Waals surface area contributed by atoms with Gasteiger partial charge in [-0.25, -0.2) is 10.3 Å². The van der Waals surface area contributed by atoms with Crippen LogP contribution in [0, 0.1) is 0 Å². The quantitative estimate of drug-likeness (QED) is 0.526. The van der Waals surface area contributed by atoms with E-state index in [-0.39, 0.29) is 5.76 Å². The predicted molar refractivity (Wildman–Crippen MR) is 54.0 cm³/mol. The van der Waals surface area contributed by atoms with Gasteiger partial charge in [0, 0.05) is 0 Å². The van der Waals surface area contributed by atoms with Crippen molar-refractivity contribution in [1.82, 2.24) is 5.48 Å². The molecule has 0 spiro atoms. The van der Waals surface area contributed by atoms with Gasteiger partial charge in [-0.2, -0.15) is 0 Å². The Bertz CT molecular complexity index is 411. The van der Waals surface area contributed by atoms with Gasteiger partial charge in [-0.05, 0) is 12.1 Å². The number of carboxylic acid groups (broad SMARTS) is 1. The van der Waals surface area contributed by atoms with Crippen molar-refractivity contribution in [2.45, 2.75) is 0 Å². The van der Waals surface area contributed by atoms with Crippen LogP contribution in [0.4, 0.5) is 0 Å². The summed E-state index contributed by atoms with van der Waals surface area (Å²) in [5, 5.41) is 12.1. The second kappa shape index (κ2) is 6.28. The van der Waals surface area contributed by atoms with Crippen LogP contribution in [0.5, 0.6) is 0 Å². The van der Waals surface area contributed by atoms with Gasteiger partial charge in [0.25, 0.3) is 5.91 Å². The van der Waals surface area contributed by atoms with E-state index in [0.717, 1.165) is 0 Å². The second-order valence-electron chi connectivity index (χ2n) is 2.73. The fourth-order valence-electron chi connectivity index (χ4n) is 0.901.